The van der Waals surface area contributed by atoms with Crippen molar-refractivity contribution < 1.29 is 9.47 Å². The zero-order valence-electron chi connectivity index (χ0n) is 14.1. The van der Waals surface area contributed by atoms with Gasteiger partial charge >= 0.3 is 0 Å². The van der Waals surface area contributed by atoms with Crippen molar-refractivity contribution in [3.8, 4) is 11.5 Å². The maximum absolute atomic E-state index is 5.65. The molecule has 1 atom stereocenters. The largest absolute Gasteiger partial charge is 0.493 e. The van der Waals surface area contributed by atoms with Gasteiger partial charge in [-0.25, -0.2) is 0 Å². The number of hydrogen-bond donors (Lipinski definition) is 0. The first-order valence-corrected chi connectivity index (χ1v) is 8.27. The first-order chi connectivity index (χ1) is 11.2. The van der Waals surface area contributed by atoms with E-state index in [-0.39, 0.29) is 0 Å². The number of fused-ring (bicyclic) bond motifs is 4. The Morgan fingerprint density at radius 3 is 2.70 bits per heavy atom. The molecule has 0 fully saturated rings. The quantitative estimate of drug-likeness (QED) is 0.845. The molecule has 2 heterocycles. The highest BCUT2D eigenvalue weighted by Gasteiger charge is 2.33. The summed E-state index contributed by atoms with van der Waals surface area (Å²) in [5, 5.41) is 0. The molecule has 2 aromatic rings. The van der Waals surface area contributed by atoms with Gasteiger partial charge in [-0.1, -0.05) is 29.8 Å². The summed E-state index contributed by atoms with van der Waals surface area (Å²) in [6, 6.07) is 11.7. The number of benzene rings is 2. The summed E-state index contributed by atoms with van der Waals surface area (Å²) in [5.41, 5.74) is 7.06. The van der Waals surface area contributed by atoms with E-state index in [1.165, 1.54) is 27.8 Å². The zero-order chi connectivity index (χ0) is 16.0. The molecule has 2 aromatic carbocycles. The SMILES string of the molecule is COc1ccc2c(c1OC)CN1CCc3cc(C)ccc3[C@@H]1C2. The molecule has 0 amide bonds. The van der Waals surface area contributed by atoms with Gasteiger partial charge < -0.3 is 9.47 Å². The lowest BCUT2D eigenvalue weighted by Crippen LogP contribution is -2.39. The van der Waals surface area contributed by atoms with Crippen molar-refractivity contribution in [1.82, 2.24) is 4.90 Å². The molecule has 0 bridgehead atoms. The Kier molecular flexibility index (Phi) is 3.53. The van der Waals surface area contributed by atoms with Crippen LogP contribution in [-0.2, 0) is 19.4 Å². The summed E-state index contributed by atoms with van der Waals surface area (Å²) >= 11 is 0. The van der Waals surface area contributed by atoms with Crippen LogP contribution in [0.2, 0.25) is 0 Å². The second-order valence-corrected chi connectivity index (χ2v) is 6.58. The Hall–Kier alpha value is -2.00. The fraction of sp³-hybridized carbons (Fsp3) is 0.400. The Balaban J connectivity index is 1.77. The van der Waals surface area contributed by atoms with Crippen LogP contribution < -0.4 is 9.47 Å². The third-order valence-corrected chi connectivity index (χ3v) is 5.29. The van der Waals surface area contributed by atoms with E-state index < -0.39 is 0 Å². The molecule has 0 radical (unpaired) electrons. The minimum absolute atomic E-state index is 0.491. The first-order valence-electron chi connectivity index (χ1n) is 8.27. The fourth-order valence-corrected chi connectivity index (χ4v) is 4.13. The summed E-state index contributed by atoms with van der Waals surface area (Å²) in [6.07, 6.45) is 2.18. The van der Waals surface area contributed by atoms with E-state index in [1.54, 1.807) is 14.2 Å². The van der Waals surface area contributed by atoms with Gasteiger partial charge in [0.05, 0.1) is 14.2 Å². The monoisotopic (exact) mass is 309 g/mol. The van der Waals surface area contributed by atoms with Crippen molar-refractivity contribution in [2.24, 2.45) is 0 Å². The number of aryl methyl sites for hydroxylation is 1. The van der Waals surface area contributed by atoms with Crippen molar-refractivity contribution in [3.63, 3.8) is 0 Å². The summed E-state index contributed by atoms with van der Waals surface area (Å²) in [6.45, 7) is 4.23. The summed E-state index contributed by atoms with van der Waals surface area (Å²) in [5.74, 6) is 1.73. The van der Waals surface area contributed by atoms with E-state index >= 15 is 0 Å². The molecule has 0 spiro atoms. The van der Waals surface area contributed by atoms with E-state index in [1.807, 2.05) is 6.07 Å². The van der Waals surface area contributed by atoms with E-state index in [0.29, 0.717) is 6.04 Å². The van der Waals surface area contributed by atoms with Crippen LogP contribution in [0.3, 0.4) is 0 Å². The predicted molar refractivity (Wildman–Crippen MR) is 91.3 cm³/mol. The smallest absolute Gasteiger partial charge is 0.165 e. The van der Waals surface area contributed by atoms with E-state index in [0.717, 1.165) is 37.4 Å². The Morgan fingerprint density at radius 2 is 1.91 bits per heavy atom. The molecule has 0 unspecified atom stereocenters. The predicted octanol–water partition coefficient (Wildman–Crippen LogP) is 3.67. The lowest BCUT2D eigenvalue weighted by molar-refractivity contribution is 0.158. The lowest BCUT2D eigenvalue weighted by Gasteiger charge is -2.42. The maximum Gasteiger partial charge on any atom is 0.165 e. The average Bonchev–Trinajstić information content (AvgIpc) is 2.58. The molecular formula is C20H23NO2. The molecule has 3 heteroatoms. The van der Waals surface area contributed by atoms with Crippen LogP contribution in [0.1, 0.15) is 33.9 Å². The van der Waals surface area contributed by atoms with Gasteiger partial charge in [-0.15, -0.1) is 0 Å². The van der Waals surface area contributed by atoms with Gasteiger partial charge in [-0.2, -0.15) is 0 Å². The maximum atomic E-state index is 5.65. The van der Waals surface area contributed by atoms with Crippen LogP contribution in [0.25, 0.3) is 0 Å². The Morgan fingerprint density at radius 1 is 1.04 bits per heavy atom. The van der Waals surface area contributed by atoms with Gasteiger partial charge in [0.2, 0.25) is 0 Å². The molecule has 0 N–H and O–H groups in total. The topological polar surface area (TPSA) is 21.7 Å². The molecule has 0 saturated carbocycles. The summed E-state index contributed by atoms with van der Waals surface area (Å²) in [4.78, 5) is 2.59. The van der Waals surface area contributed by atoms with Crippen LogP contribution in [-0.4, -0.2) is 25.7 Å². The zero-order valence-corrected chi connectivity index (χ0v) is 14.1. The molecule has 23 heavy (non-hydrogen) atoms. The summed E-state index contributed by atoms with van der Waals surface area (Å²) < 4.78 is 11.1. The Labute approximate surface area is 137 Å². The van der Waals surface area contributed by atoms with Crippen LogP contribution >= 0.6 is 0 Å². The van der Waals surface area contributed by atoms with Crippen molar-refractivity contribution in [2.45, 2.75) is 32.4 Å². The second-order valence-electron chi connectivity index (χ2n) is 6.58. The average molecular weight is 309 g/mol. The highest BCUT2D eigenvalue weighted by molar-refractivity contribution is 5.53. The molecule has 0 saturated heterocycles. The van der Waals surface area contributed by atoms with Crippen LogP contribution in [0.4, 0.5) is 0 Å². The molecule has 2 aliphatic rings. The first kappa shape index (κ1) is 14.6. The van der Waals surface area contributed by atoms with Gasteiger partial charge in [-0.3, -0.25) is 4.90 Å². The van der Waals surface area contributed by atoms with Crippen molar-refractivity contribution in [1.29, 1.82) is 0 Å². The van der Waals surface area contributed by atoms with Gasteiger partial charge in [0.25, 0.3) is 0 Å². The molecule has 120 valence electrons. The van der Waals surface area contributed by atoms with E-state index in [9.17, 15) is 0 Å². The standard InChI is InChI=1S/C20H23NO2/c1-13-4-6-16-15(10-13)8-9-21-12-17-14(11-18(16)21)5-7-19(22-2)20(17)23-3/h4-7,10,18H,8-9,11-12H2,1-3H3/t18-/m0/s1. The number of ether oxygens (including phenoxy) is 2. The Bertz CT molecular complexity index is 754. The van der Waals surface area contributed by atoms with E-state index in [2.05, 4.69) is 36.1 Å². The minimum Gasteiger partial charge on any atom is -0.493 e. The van der Waals surface area contributed by atoms with Gasteiger partial charge in [-0.05, 0) is 42.5 Å². The molecule has 0 aliphatic carbocycles. The number of hydrogen-bond acceptors (Lipinski definition) is 3. The molecular weight excluding hydrogens is 286 g/mol. The van der Waals surface area contributed by atoms with Crippen molar-refractivity contribution in [2.75, 3.05) is 20.8 Å². The third-order valence-electron chi connectivity index (χ3n) is 5.29. The van der Waals surface area contributed by atoms with Crippen molar-refractivity contribution >= 4 is 0 Å². The van der Waals surface area contributed by atoms with Crippen LogP contribution in [0.15, 0.2) is 30.3 Å². The van der Waals surface area contributed by atoms with Crippen LogP contribution in [0, 0.1) is 6.92 Å². The van der Waals surface area contributed by atoms with Gasteiger partial charge in [0, 0.05) is 24.7 Å². The summed E-state index contributed by atoms with van der Waals surface area (Å²) in [7, 11) is 3.44. The molecule has 0 aromatic heterocycles. The highest BCUT2D eigenvalue weighted by Crippen LogP contribution is 2.43. The second kappa shape index (κ2) is 5.57. The van der Waals surface area contributed by atoms with Gasteiger partial charge in [0.1, 0.15) is 0 Å². The molecule has 4 rings (SSSR count). The number of nitrogens with zero attached hydrogens (tertiary/aromatic N) is 1. The molecule has 2 aliphatic heterocycles. The van der Waals surface area contributed by atoms with Crippen LogP contribution in [0.5, 0.6) is 11.5 Å². The van der Waals surface area contributed by atoms with Gasteiger partial charge in [0.15, 0.2) is 11.5 Å². The van der Waals surface area contributed by atoms with Crippen molar-refractivity contribution in [3.05, 3.63) is 58.1 Å². The van der Waals surface area contributed by atoms with E-state index in [4.69, 9.17) is 9.47 Å². The lowest BCUT2D eigenvalue weighted by atomic mass is 9.83. The molecule has 3 nitrogen and oxygen atoms in total. The normalized spacial score (nSPS) is 19.5. The number of rotatable bonds is 2. The number of methoxy groups -OCH3 is 2. The third kappa shape index (κ3) is 2.31. The fourth-order valence-electron chi connectivity index (χ4n) is 4.13. The highest BCUT2D eigenvalue weighted by atomic mass is 16.5. The minimum atomic E-state index is 0.491.